The number of rotatable bonds is 26. The molecule has 432 valence electrons. The monoisotopic (exact) mass is 1100 g/mol. The van der Waals surface area contributed by atoms with Gasteiger partial charge in [-0.05, 0) is 99.5 Å². The molecule has 3 aliphatic carbocycles. The van der Waals surface area contributed by atoms with Crippen LogP contribution in [0.25, 0.3) is 0 Å². The summed E-state index contributed by atoms with van der Waals surface area (Å²) in [7, 11) is 0. The lowest BCUT2D eigenvalue weighted by atomic mass is 9.74. The summed E-state index contributed by atoms with van der Waals surface area (Å²) >= 11 is 0. The van der Waals surface area contributed by atoms with Crippen LogP contribution in [0.1, 0.15) is 212 Å². The predicted molar refractivity (Wildman–Crippen MR) is 294 cm³/mol. The Hall–Kier alpha value is -6.73. The molecule has 20 nitrogen and oxygen atoms in total. The Labute approximate surface area is 468 Å². The molecule has 4 heterocycles. The number of unbranched alkanes of at least 4 members (excludes halogenated alkanes) is 5. The van der Waals surface area contributed by atoms with Crippen molar-refractivity contribution in [2.45, 2.75) is 212 Å². The summed E-state index contributed by atoms with van der Waals surface area (Å²) in [6, 6.07) is 1.55. The van der Waals surface area contributed by atoms with E-state index < -0.39 is 64.9 Å². The molecule has 1 unspecified atom stereocenters. The number of amides is 8. The van der Waals surface area contributed by atoms with Gasteiger partial charge in [-0.15, -0.1) is 0 Å². The van der Waals surface area contributed by atoms with E-state index in [2.05, 4.69) is 36.6 Å². The molecule has 8 amide bonds. The maximum Gasteiger partial charge on any atom is 0.289 e. The first kappa shape index (κ1) is 59.4. The van der Waals surface area contributed by atoms with Crippen molar-refractivity contribution in [1.82, 2.24) is 41.0 Å². The minimum atomic E-state index is -1.02. The summed E-state index contributed by atoms with van der Waals surface area (Å²) < 4.78 is 0. The lowest BCUT2D eigenvalue weighted by Gasteiger charge is -2.37. The Morgan fingerprint density at radius 2 is 1.49 bits per heavy atom. The zero-order chi connectivity index (χ0) is 57.3. The van der Waals surface area contributed by atoms with E-state index in [-0.39, 0.29) is 115 Å². The fourth-order valence-electron chi connectivity index (χ4n) is 12.7. The molecule has 2 aromatic rings. The third-order valence-electron chi connectivity index (χ3n) is 17.4. The minimum Gasteiger partial charge on any atom is -0.347 e. The highest BCUT2D eigenvalue weighted by Gasteiger charge is 2.53. The van der Waals surface area contributed by atoms with Gasteiger partial charge in [0.15, 0.2) is 11.6 Å². The van der Waals surface area contributed by atoms with Crippen LogP contribution in [0.15, 0.2) is 30.6 Å². The standard InChI is InChI=1S/C60H81N9O11/c1-5-17-43(53(74)57(78)63-37-26-27-37)65-56(77)52-38-21-15-20-36(38)33-69(52)59(80)41(60(2,3)4)30-48(71)51(35-18-11-10-12-19-35)67-54(75)45-32-61-44(31-62-45)47(70)24-13-8-6-7-9-14-25-49(72)64-42-23-16-22-39-40(42)34-68(58(39)79)46-28-29-50(73)66-55(46)76/h16,22-23,31-32,35-38,41,43,46,51-52H,5-15,17-21,24-30,33-34H2,1-4H3,(H,63,78)(H,64,72)(H,65,77)(H,67,75)(H,66,73,76)/t36-,38-,41+,43-,46?,51-,52-/m0/s1. The number of aromatic nitrogens is 2. The highest BCUT2D eigenvalue weighted by atomic mass is 16.2. The Balaban J connectivity index is 0.797. The van der Waals surface area contributed by atoms with Crippen LogP contribution >= 0.6 is 0 Å². The molecule has 20 heteroatoms. The number of nitrogens with zero attached hydrogens (tertiary/aromatic N) is 4. The number of likely N-dealkylation sites (tertiary alicyclic amines) is 1. The van der Waals surface area contributed by atoms with Crippen molar-refractivity contribution in [3.8, 4) is 0 Å². The lowest BCUT2D eigenvalue weighted by molar-refractivity contribution is -0.148. The SMILES string of the molecule is CCC[C@H](NC(=O)[C@@H]1[C@H]2CCC[C@H]2CN1C(=O)[C@@H](CC(=O)[C@@H](NC(=O)c1cnc(C(=O)CCCCCCCCC(=O)Nc2cccc3c2CN(C2CCC(=O)NC2=O)C3=O)cn1)C1CCCCC1)C(C)(C)C)C(=O)C(=O)NC1CC1. The number of hydrogen-bond donors (Lipinski definition) is 5. The lowest BCUT2D eigenvalue weighted by Crippen LogP contribution is -2.56. The van der Waals surface area contributed by atoms with Gasteiger partial charge >= 0.3 is 0 Å². The molecule has 80 heavy (non-hydrogen) atoms. The zero-order valence-corrected chi connectivity index (χ0v) is 47.0. The van der Waals surface area contributed by atoms with Crippen LogP contribution < -0.4 is 26.6 Å². The van der Waals surface area contributed by atoms with Crippen molar-refractivity contribution in [2.75, 3.05) is 11.9 Å². The summed E-state index contributed by atoms with van der Waals surface area (Å²) in [4.78, 5) is 159. The van der Waals surface area contributed by atoms with Gasteiger partial charge in [-0.2, -0.15) is 0 Å². The number of benzene rings is 1. The van der Waals surface area contributed by atoms with Crippen LogP contribution in [0.5, 0.6) is 0 Å². The van der Waals surface area contributed by atoms with Gasteiger partial charge < -0.3 is 31.1 Å². The van der Waals surface area contributed by atoms with Crippen molar-refractivity contribution < 1.29 is 52.7 Å². The highest BCUT2D eigenvalue weighted by molar-refractivity contribution is 6.38. The number of fused-ring (bicyclic) bond motifs is 2. The van der Waals surface area contributed by atoms with Gasteiger partial charge in [-0.1, -0.05) is 91.5 Å². The van der Waals surface area contributed by atoms with Gasteiger partial charge in [-0.25, -0.2) is 9.97 Å². The quantitative estimate of drug-likeness (QED) is 0.0302. The number of nitrogens with one attached hydrogen (secondary N) is 5. The van der Waals surface area contributed by atoms with Crippen LogP contribution in [0, 0.1) is 29.1 Å². The first-order chi connectivity index (χ1) is 38.3. The summed E-state index contributed by atoms with van der Waals surface area (Å²) in [6.45, 7) is 8.09. The Morgan fingerprint density at radius 1 is 0.787 bits per heavy atom. The molecule has 6 aliphatic rings. The minimum absolute atomic E-state index is 0.0181. The van der Waals surface area contributed by atoms with Crippen molar-refractivity contribution in [1.29, 1.82) is 0 Å². The molecule has 1 aromatic carbocycles. The number of carbonyl (C=O) groups excluding carboxylic acids is 11. The van der Waals surface area contributed by atoms with E-state index in [9.17, 15) is 52.7 Å². The zero-order valence-electron chi connectivity index (χ0n) is 47.0. The van der Waals surface area contributed by atoms with E-state index in [1.54, 1.807) is 23.1 Å². The van der Waals surface area contributed by atoms with Crippen molar-refractivity contribution in [3.63, 3.8) is 0 Å². The van der Waals surface area contributed by atoms with Crippen LogP contribution in [-0.2, 0) is 44.9 Å². The number of ketones is 3. The number of anilines is 1. The normalized spacial score (nSPS) is 22.1. The van der Waals surface area contributed by atoms with Crippen molar-refractivity contribution in [3.05, 3.63) is 53.1 Å². The van der Waals surface area contributed by atoms with Crippen LogP contribution in [0.3, 0.4) is 0 Å². The molecule has 7 atom stereocenters. The van der Waals surface area contributed by atoms with Gasteiger partial charge in [0, 0.05) is 67.5 Å². The third kappa shape index (κ3) is 14.6. The van der Waals surface area contributed by atoms with Gasteiger partial charge in [0.05, 0.1) is 24.5 Å². The Morgan fingerprint density at radius 3 is 2.16 bits per heavy atom. The molecular weight excluding hydrogens is 1020 g/mol. The molecule has 0 bridgehead atoms. The number of imide groups is 1. The molecule has 2 saturated heterocycles. The first-order valence-electron chi connectivity index (χ1n) is 29.5. The van der Waals surface area contributed by atoms with Gasteiger partial charge in [0.2, 0.25) is 35.3 Å². The summed E-state index contributed by atoms with van der Waals surface area (Å²) in [6.07, 6.45) is 17.1. The largest absolute Gasteiger partial charge is 0.347 e. The molecule has 3 saturated carbocycles. The second-order valence-corrected chi connectivity index (χ2v) is 24.3. The molecule has 5 N–H and O–H groups in total. The maximum absolute atomic E-state index is 15.0. The molecule has 5 fully saturated rings. The predicted octanol–water partition coefficient (Wildman–Crippen LogP) is 6.24. The van der Waals surface area contributed by atoms with Gasteiger partial charge in [0.25, 0.3) is 17.7 Å². The van der Waals surface area contributed by atoms with Crippen LogP contribution in [-0.4, -0.2) is 121 Å². The molecule has 3 aliphatic heterocycles. The molecule has 0 radical (unpaired) electrons. The van der Waals surface area contributed by atoms with Gasteiger partial charge in [-0.3, -0.25) is 58.1 Å². The smallest absolute Gasteiger partial charge is 0.289 e. The van der Waals surface area contributed by atoms with Crippen LogP contribution in [0.4, 0.5) is 5.69 Å². The van der Waals surface area contributed by atoms with Crippen molar-refractivity contribution in [2.24, 2.45) is 29.1 Å². The second-order valence-electron chi connectivity index (χ2n) is 24.3. The van der Waals surface area contributed by atoms with E-state index in [4.69, 9.17) is 0 Å². The van der Waals surface area contributed by atoms with E-state index in [1.165, 1.54) is 17.3 Å². The molecular formula is C60H81N9O11. The van der Waals surface area contributed by atoms with Crippen LogP contribution in [0.2, 0.25) is 0 Å². The maximum atomic E-state index is 15.0. The number of piperidine rings is 1. The first-order valence-corrected chi connectivity index (χ1v) is 29.5. The summed E-state index contributed by atoms with van der Waals surface area (Å²) in [5.41, 5.74) is 0.966. The second kappa shape index (κ2) is 26.7. The fraction of sp³-hybridized carbons (Fsp3) is 0.650. The van der Waals surface area contributed by atoms with E-state index in [1.807, 2.05) is 27.7 Å². The number of Topliss-reactive ketones (excluding diaryl/α,β-unsaturated/α-hetero) is 3. The topological polar surface area (TPSA) is 280 Å². The summed E-state index contributed by atoms with van der Waals surface area (Å²) in [5, 5.41) is 13.8. The molecule has 8 rings (SSSR count). The van der Waals surface area contributed by atoms with Gasteiger partial charge in [0.1, 0.15) is 23.5 Å². The van der Waals surface area contributed by atoms with E-state index >= 15 is 0 Å². The Bertz CT molecular complexity index is 2690. The van der Waals surface area contributed by atoms with E-state index in [0.717, 1.165) is 77.0 Å². The summed E-state index contributed by atoms with van der Waals surface area (Å²) in [5.74, 6) is -5.65. The molecule has 0 spiro atoms. The fourth-order valence-corrected chi connectivity index (χ4v) is 12.7. The number of carbonyl (C=O) groups is 11. The van der Waals surface area contributed by atoms with E-state index in [0.29, 0.717) is 55.5 Å². The average Bonchev–Trinajstić information content (AvgIpc) is 3.84. The third-order valence-corrected chi connectivity index (χ3v) is 17.4. The van der Waals surface area contributed by atoms with Crippen molar-refractivity contribution >= 4 is 70.3 Å². The number of hydrogen-bond acceptors (Lipinski definition) is 13. The average molecular weight is 1100 g/mol. The molecule has 1 aromatic heterocycles. The Kier molecular flexibility index (Phi) is 19.8. The highest BCUT2D eigenvalue weighted by Crippen LogP contribution is 2.45.